The van der Waals surface area contributed by atoms with Gasteiger partial charge in [0.25, 0.3) is 0 Å². The van der Waals surface area contributed by atoms with Crippen molar-refractivity contribution < 1.29 is 18.3 Å². The maximum atomic E-state index is 12.3. The normalized spacial score (nSPS) is 14.5. The number of hydrogen-bond acceptors (Lipinski definition) is 1. The van der Waals surface area contributed by atoms with Gasteiger partial charge in [-0.1, -0.05) is 24.3 Å². The summed E-state index contributed by atoms with van der Waals surface area (Å²) in [6.45, 7) is 1.69. The predicted octanol–water partition coefficient (Wildman–Crippen LogP) is 3.31. The first-order valence-electron chi connectivity index (χ1n) is 4.43. The van der Waals surface area contributed by atoms with Gasteiger partial charge in [0.05, 0.1) is 11.7 Å². The topological polar surface area (TPSA) is 20.2 Å². The summed E-state index contributed by atoms with van der Waals surface area (Å²) in [5, 5.41) is 9.46. The number of aliphatic hydroxyl groups excluding tert-OH is 1. The van der Waals surface area contributed by atoms with Gasteiger partial charge < -0.3 is 5.11 Å². The Kier molecular flexibility index (Phi) is 3.52. The Labute approximate surface area is 85.9 Å². The predicted molar refractivity (Wildman–Crippen MR) is 51.2 cm³/mol. The molecule has 0 aliphatic carbocycles. The van der Waals surface area contributed by atoms with Gasteiger partial charge in [-0.05, 0) is 24.6 Å². The van der Waals surface area contributed by atoms with E-state index in [-0.39, 0.29) is 5.56 Å². The third-order valence-electron chi connectivity index (χ3n) is 1.93. The largest absolute Gasteiger partial charge is 0.416 e. The highest BCUT2D eigenvalue weighted by Crippen LogP contribution is 2.30. The summed E-state index contributed by atoms with van der Waals surface area (Å²) < 4.78 is 37.0. The standard InChI is InChI=1S/C11H11F3O/c1-2-4-10(15)8-5-3-6-9(7-8)11(12,13)14/h2-7,10,15H,1H3/b4-2+. The highest BCUT2D eigenvalue weighted by molar-refractivity contribution is 5.28. The van der Waals surface area contributed by atoms with Crippen molar-refractivity contribution in [1.29, 1.82) is 0 Å². The maximum Gasteiger partial charge on any atom is 0.416 e. The highest BCUT2D eigenvalue weighted by atomic mass is 19.4. The van der Waals surface area contributed by atoms with Gasteiger partial charge in [-0.15, -0.1) is 0 Å². The number of alkyl halides is 3. The molecule has 0 saturated heterocycles. The number of allylic oxidation sites excluding steroid dienone is 1. The molecule has 0 amide bonds. The Bertz CT molecular complexity index is 355. The van der Waals surface area contributed by atoms with Crippen molar-refractivity contribution in [1.82, 2.24) is 0 Å². The molecule has 1 atom stereocenters. The Balaban J connectivity index is 3.03. The number of hydrogen-bond donors (Lipinski definition) is 1. The van der Waals surface area contributed by atoms with Gasteiger partial charge in [-0.25, -0.2) is 0 Å². The summed E-state index contributed by atoms with van der Waals surface area (Å²) in [5.74, 6) is 0. The zero-order chi connectivity index (χ0) is 11.5. The van der Waals surface area contributed by atoms with E-state index in [4.69, 9.17) is 0 Å². The molecular weight excluding hydrogens is 205 g/mol. The van der Waals surface area contributed by atoms with Gasteiger partial charge in [0, 0.05) is 0 Å². The molecule has 0 heterocycles. The quantitative estimate of drug-likeness (QED) is 0.752. The molecule has 0 aliphatic heterocycles. The Morgan fingerprint density at radius 2 is 2.00 bits per heavy atom. The molecule has 0 spiro atoms. The summed E-state index contributed by atoms with van der Waals surface area (Å²) >= 11 is 0. The van der Waals surface area contributed by atoms with Crippen molar-refractivity contribution in [2.24, 2.45) is 0 Å². The molecule has 1 aromatic rings. The fourth-order valence-electron chi connectivity index (χ4n) is 1.19. The average Bonchev–Trinajstić information content (AvgIpc) is 2.17. The van der Waals surface area contributed by atoms with Crippen LogP contribution in [0.5, 0.6) is 0 Å². The number of halogens is 3. The fourth-order valence-corrected chi connectivity index (χ4v) is 1.19. The van der Waals surface area contributed by atoms with E-state index in [0.717, 1.165) is 12.1 Å². The van der Waals surface area contributed by atoms with Gasteiger partial charge in [0.2, 0.25) is 0 Å². The van der Waals surface area contributed by atoms with E-state index in [1.165, 1.54) is 18.2 Å². The van der Waals surface area contributed by atoms with Gasteiger partial charge in [0.1, 0.15) is 0 Å². The first-order chi connectivity index (χ1) is 6.95. The minimum Gasteiger partial charge on any atom is -0.384 e. The van der Waals surface area contributed by atoms with Crippen molar-refractivity contribution in [3.05, 3.63) is 47.5 Å². The monoisotopic (exact) mass is 216 g/mol. The number of rotatable bonds is 2. The van der Waals surface area contributed by atoms with Crippen molar-refractivity contribution in [3.63, 3.8) is 0 Å². The molecule has 1 nitrogen and oxygen atoms in total. The molecule has 4 heteroatoms. The van der Waals surface area contributed by atoms with Crippen LogP contribution in [-0.4, -0.2) is 5.11 Å². The van der Waals surface area contributed by atoms with E-state index < -0.39 is 17.8 Å². The number of benzene rings is 1. The Hall–Kier alpha value is -1.29. The second-order valence-corrected chi connectivity index (χ2v) is 3.09. The molecule has 15 heavy (non-hydrogen) atoms. The molecular formula is C11H11F3O. The van der Waals surface area contributed by atoms with Crippen molar-refractivity contribution in [2.75, 3.05) is 0 Å². The molecule has 0 aliphatic rings. The van der Waals surface area contributed by atoms with Crippen molar-refractivity contribution in [2.45, 2.75) is 19.2 Å². The van der Waals surface area contributed by atoms with E-state index in [0.29, 0.717) is 0 Å². The lowest BCUT2D eigenvalue weighted by Gasteiger charge is -2.10. The van der Waals surface area contributed by atoms with E-state index in [1.807, 2.05) is 0 Å². The van der Waals surface area contributed by atoms with E-state index in [1.54, 1.807) is 13.0 Å². The van der Waals surface area contributed by atoms with Crippen LogP contribution in [-0.2, 0) is 6.18 Å². The molecule has 0 saturated carbocycles. The van der Waals surface area contributed by atoms with Crippen LogP contribution in [0.25, 0.3) is 0 Å². The summed E-state index contributed by atoms with van der Waals surface area (Å²) in [5.41, 5.74) is -0.508. The molecule has 0 aromatic heterocycles. The second-order valence-electron chi connectivity index (χ2n) is 3.09. The average molecular weight is 216 g/mol. The smallest absolute Gasteiger partial charge is 0.384 e. The van der Waals surface area contributed by atoms with Gasteiger partial charge in [-0.3, -0.25) is 0 Å². The summed E-state index contributed by atoms with van der Waals surface area (Å²) in [6, 6.07) is 4.67. The molecule has 1 rings (SSSR count). The second kappa shape index (κ2) is 4.49. The third kappa shape index (κ3) is 3.09. The Morgan fingerprint density at radius 3 is 2.53 bits per heavy atom. The van der Waals surface area contributed by atoms with Gasteiger partial charge in [-0.2, -0.15) is 13.2 Å². The zero-order valence-electron chi connectivity index (χ0n) is 8.12. The summed E-state index contributed by atoms with van der Waals surface area (Å²) in [4.78, 5) is 0. The van der Waals surface area contributed by atoms with Crippen LogP contribution in [0.1, 0.15) is 24.2 Å². The van der Waals surface area contributed by atoms with E-state index in [9.17, 15) is 18.3 Å². The van der Waals surface area contributed by atoms with Crippen molar-refractivity contribution >= 4 is 0 Å². The van der Waals surface area contributed by atoms with Crippen LogP contribution < -0.4 is 0 Å². The van der Waals surface area contributed by atoms with Crippen LogP contribution in [0.2, 0.25) is 0 Å². The molecule has 82 valence electrons. The molecule has 0 bridgehead atoms. The Morgan fingerprint density at radius 1 is 1.33 bits per heavy atom. The lowest BCUT2D eigenvalue weighted by molar-refractivity contribution is -0.137. The minimum atomic E-state index is -4.37. The fraction of sp³-hybridized carbons (Fsp3) is 0.273. The molecule has 1 N–H and O–H groups in total. The molecule has 1 unspecified atom stereocenters. The maximum absolute atomic E-state index is 12.3. The molecule has 1 aromatic carbocycles. The molecule has 0 fully saturated rings. The first-order valence-corrected chi connectivity index (χ1v) is 4.43. The van der Waals surface area contributed by atoms with Crippen molar-refractivity contribution in [3.8, 4) is 0 Å². The third-order valence-corrected chi connectivity index (χ3v) is 1.93. The zero-order valence-corrected chi connectivity index (χ0v) is 8.12. The minimum absolute atomic E-state index is 0.239. The van der Waals surface area contributed by atoms with Gasteiger partial charge in [0.15, 0.2) is 0 Å². The SMILES string of the molecule is C/C=C/C(O)c1cccc(C(F)(F)F)c1. The molecule has 0 radical (unpaired) electrons. The highest BCUT2D eigenvalue weighted by Gasteiger charge is 2.30. The van der Waals surface area contributed by atoms with E-state index in [2.05, 4.69) is 0 Å². The number of aliphatic hydroxyl groups is 1. The summed E-state index contributed by atoms with van der Waals surface area (Å²) in [7, 11) is 0. The lowest BCUT2D eigenvalue weighted by atomic mass is 10.1. The van der Waals surface area contributed by atoms with Crippen LogP contribution in [0.15, 0.2) is 36.4 Å². The lowest BCUT2D eigenvalue weighted by Crippen LogP contribution is -2.06. The van der Waals surface area contributed by atoms with Crippen LogP contribution >= 0.6 is 0 Å². The van der Waals surface area contributed by atoms with Crippen LogP contribution in [0.4, 0.5) is 13.2 Å². The summed E-state index contributed by atoms with van der Waals surface area (Å²) in [6.07, 6.45) is -2.34. The van der Waals surface area contributed by atoms with Crippen LogP contribution in [0.3, 0.4) is 0 Å². The van der Waals surface area contributed by atoms with Crippen LogP contribution in [0, 0.1) is 0 Å². The van der Waals surface area contributed by atoms with E-state index >= 15 is 0 Å². The first kappa shape index (κ1) is 11.8. The van der Waals surface area contributed by atoms with Gasteiger partial charge >= 0.3 is 6.18 Å².